The molecule has 1 heterocycles. The number of hydrogen-bond acceptors (Lipinski definition) is 4. The third-order valence-corrected chi connectivity index (χ3v) is 5.61. The maximum Gasteiger partial charge on any atom is 0.0598 e. The maximum atomic E-state index is 9.20. The van der Waals surface area contributed by atoms with Crippen LogP contribution in [0.1, 0.15) is 55.5 Å². The van der Waals surface area contributed by atoms with E-state index in [9.17, 15) is 5.11 Å². The quantitative estimate of drug-likeness (QED) is 0.775. The van der Waals surface area contributed by atoms with Crippen molar-refractivity contribution in [3.8, 4) is 0 Å². The molecule has 2 atom stereocenters. The van der Waals surface area contributed by atoms with Crippen LogP contribution in [-0.4, -0.2) is 35.2 Å². The number of aliphatic hydroxyl groups excluding tert-OH is 1. The molecule has 1 aromatic rings. The van der Waals surface area contributed by atoms with Crippen LogP contribution in [0.25, 0.3) is 0 Å². The van der Waals surface area contributed by atoms with E-state index in [-0.39, 0.29) is 12.6 Å². The first-order valence-corrected chi connectivity index (χ1v) is 8.73. The van der Waals surface area contributed by atoms with E-state index in [4.69, 9.17) is 5.73 Å². The molecule has 0 aliphatic heterocycles. The van der Waals surface area contributed by atoms with Crippen LogP contribution in [0, 0.1) is 6.92 Å². The number of hydrogen-bond donors (Lipinski definition) is 2. The highest BCUT2D eigenvalue weighted by atomic mass is 32.1. The maximum absolute atomic E-state index is 9.20. The summed E-state index contributed by atoms with van der Waals surface area (Å²) < 4.78 is 0. The van der Waals surface area contributed by atoms with Gasteiger partial charge in [-0.3, -0.25) is 4.90 Å². The van der Waals surface area contributed by atoms with Gasteiger partial charge < -0.3 is 10.8 Å². The summed E-state index contributed by atoms with van der Waals surface area (Å²) >= 11 is 1.83. The lowest BCUT2D eigenvalue weighted by Crippen LogP contribution is -2.49. The molecule has 0 saturated heterocycles. The predicted molar refractivity (Wildman–Crippen MR) is 86.1 cm³/mol. The summed E-state index contributed by atoms with van der Waals surface area (Å²) in [7, 11) is 0. The van der Waals surface area contributed by atoms with E-state index in [1.807, 2.05) is 11.3 Å². The van der Waals surface area contributed by atoms with E-state index >= 15 is 0 Å². The van der Waals surface area contributed by atoms with Gasteiger partial charge in [0.25, 0.3) is 0 Å². The Labute approximate surface area is 126 Å². The number of rotatable bonds is 8. The van der Waals surface area contributed by atoms with Crippen molar-refractivity contribution in [3.05, 3.63) is 21.9 Å². The van der Waals surface area contributed by atoms with Crippen LogP contribution in [0.15, 0.2) is 11.4 Å². The normalized spacial score (nSPS) is 19.1. The second-order valence-electron chi connectivity index (χ2n) is 5.88. The summed E-state index contributed by atoms with van der Waals surface area (Å²) in [6, 6.07) is 3.34. The monoisotopic (exact) mass is 296 g/mol. The van der Waals surface area contributed by atoms with Gasteiger partial charge in [-0.2, -0.15) is 0 Å². The molecule has 2 unspecified atom stereocenters. The molecule has 1 aliphatic carbocycles. The van der Waals surface area contributed by atoms with Crippen molar-refractivity contribution < 1.29 is 5.11 Å². The Hall–Kier alpha value is -0.420. The van der Waals surface area contributed by atoms with Gasteiger partial charge in [0.2, 0.25) is 0 Å². The van der Waals surface area contributed by atoms with E-state index in [2.05, 4.69) is 30.2 Å². The Morgan fingerprint density at radius 1 is 1.50 bits per heavy atom. The molecule has 1 saturated carbocycles. The van der Waals surface area contributed by atoms with Crippen molar-refractivity contribution in [3.63, 3.8) is 0 Å². The smallest absolute Gasteiger partial charge is 0.0598 e. The minimum atomic E-state index is 0.173. The summed E-state index contributed by atoms with van der Waals surface area (Å²) in [5.74, 6) is 0. The zero-order valence-corrected chi connectivity index (χ0v) is 13.5. The molecule has 0 amide bonds. The third kappa shape index (κ3) is 3.42. The molecule has 3 N–H and O–H groups in total. The van der Waals surface area contributed by atoms with Crippen LogP contribution in [-0.2, 0) is 0 Å². The zero-order chi connectivity index (χ0) is 14.5. The molecule has 2 rings (SSSR count). The number of aliphatic hydroxyl groups is 1. The Balaban J connectivity index is 2.24. The summed E-state index contributed by atoms with van der Waals surface area (Å²) in [6.45, 7) is 5.58. The molecule has 0 bridgehead atoms. The summed E-state index contributed by atoms with van der Waals surface area (Å²) in [5, 5.41) is 11.4. The van der Waals surface area contributed by atoms with Gasteiger partial charge in [0.15, 0.2) is 0 Å². The third-order valence-electron chi connectivity index (χ3n) is 4.52. The molecular weight excluding hydrogens is 268 g/mol. The van der Waals surface area contributed by atoms with Gasteiger partial charge in [0.05, 0.1) is 6.04 Å². The van der Waals surface area contributed by atoms with Crippen LogP contribution in [0.3, 0.4) is 0 Å². The predicted octanol–water partition coefficient (Wildman–Crippen LogP) is 3.07. The van der Waals surface area contributed by atoms with Gasteiger partial charge in [-0.05, 0) is 49.6 Å². The van der Waals surface area contributed by atoms with Gasteiger partial charge >= 0.3 is 0 Å². The van der Waals surface area contributed by atoms with Crippen molar-refractivity contribution in [1.82, 2.24) is 4.90 Å². The molecule has 1 aliphatic rings. The number of nitrogens with two attached hydrogens (primary N) is 1. The Kier molecular flexibility index (Phi) is 6.02. The molecule has 1 aromatic heterocycles. The molecular formula is C16H28N2OS. The minimum Gasteiger partial charge on any atom is -0.396 e. The van der Waals surface area contributed by atoms with E-state index in [0.29, 0.717) is 12.1 Å². The SMILES string of the molecule is CCC(N)C(c1sccc1C)N(CCCO)C1CCC1. The van der Waals surface area contributed by atoms with E-state index in [1.165, 1.54) is 29.7 Å². The van der Waals surface area contributed by atoms with Crippen molar-refractivity contribution >= 4 is 11.3 Å². The van der Waals surface area contributed by atoms with Crippen molar-refractivity contribution in [2.24, 2.45) is 5.73 Å². The van der Waals surface area contributed by atoms with Gasteiger partial charge in [-0.15, -0.1) is 11.3 Å². The van der Waals surface area contributed by atoms with Crippen LogP contribution in [0.4, 0.5) is 0 Å². The molecule has 4 heteroatoms. The van der Waals surface area contributed by atoms with Crippen LogP contribution in [0.2, 0.25) is 0 Å². The molecule has 0 radical (unpaired) electrons. The fourth-order valence-corrected chi connectivity index (χ4v) is 4.14. The number of thiophene rings is 1. The summed E-state index contributed by atoms with van der Waals surface area (Å²) in [5.41, 5.74) is 7.83. The average Bonchev–Trinajstić information content (AvgIpc) is 2.80. The van der Waals surface area contributed by atoms with E-state index < -0.39 is 0 Å². The summed E-state index contributed by atoms with van der Waals surface area (Å²) in [6.07, 6.45) is 5.72. The summed E-state index contributed by atoms with van der Waals surface area (Å²) in [4.78, 5) is 4.00. The number of aryl methyl sites for hydroxylation is 1. The molecule has 3 nitrogen and oxygen atoms in total. The zero-order valence-electron chi connectivity index (χ0n) is 12.7. The van der Waals surface area contributed by atoms with Crippen LogP contribution in [0.5, 0.6) is 0 Å². The van der Waals surface area contributed by atoms with Gasteiger partial charge in [-0.1, -0.05) is 13.3 Å². The first kappa shape index (κ1) is 16.0. The first-order valence-electron chi connectivity index (χ1n) is 7.85. The fourth-order valence-electron chi connectivity index (χ4n) is 3.02. The van der Waals surface area contributed by atoms with Gasteiger partial charge in [0, 0.05) is 30.1 Å². The largest absolute Gasteiger partial charge is 0.396 e. The minimum absolute atomic E-state index is 0.173. The van der Waals surface area contributed by atoms with Crippen molar-refractivity contribution in [2.75, 3.05) is 13.2 Å². The number of nitrogens with zero attached hydrogens (tertiary/aromatic N) is 1. The Bertz CT molecular complexity index is 403. The van der Waals surface area contributed by atoms with Crippen LogP contribution >= 0.6 is 11.3 Å². The fraction of sp³-hybridized carbons (Fsp3) is 0.750. The lowest BCUT2D eigenvalue weighted by Gasteiger charge is -2.44. The highest BCUT2D eigenvalue weighted by Crippen LogP contribution is 2.37. The molecule has 20 heavy (non-hydrogen) atoms. The van der Waals surface area contributed by atoms with Gasteiger partial charge in [-0.25, -0.2) is 0 Å². The van der Waals surface area contributed by atoms with Crippen molar-refractivity contribution in [2.45, 2.75) is 64.1 Å². The Morgan fingerprint density at radius 3 is 2.70 bits per heavy atom. The molecule has 0 spiro atoms. The lowest BCUT2D eigenvalue weighted by molar-refractivity contribution is 0.0593. The van der Waals surface area contributed by atoms with Crippen molar-refractivity contribution in [1.29, 1.82) is 0 Å². The molecule has 114 valence electrons. The second-order valence-corrected chi connectivity index (χ2v) is 6.83. The second kappa shape index (κ2) is 7.55. The van der Waals surface area contributed by atoms with Crippen LogP contribution < -0.4 is 5.73 Å². The molecule has 0 aromatic carbocycles. The molecule has 1 fully saturated rings. The van der Waals surface area contributed by atoms with E-state index in [0.717, 1.165) is 19.4 Å². The highest BCUT2D eigenvalue weighted by molar-refractivity contribution is 7.10. The standard InChI is InChI=1S/C16H28N2OS/c1-3-14(17)15(16-12(2)8-11-20-16)18(9-5-10-19)13-6-4-7-13/h8,11,13-15,19H,3-7,9-10,17H2,1-2H3. The lowest BCUT2D eigenvalue weighted by atomic mass is 9.88. The Morgan fingerprint density at radius 2 is 2.25 bits per heavy atom. The van der Waals surface area contributed by atoms with E-state index in [1.54, 1.807) is 0 Å². The highest BCUT2D eigenvalue weighted by Gasteiger charge is 2.34. The topological polar surface area (TPSA) is 49.5 Å². The van der Waals surface area contributed by atoms with Gasteiger partial charge in [0.1, 0.15) is 0 Å². The average molecular weight is 296 g/mol. The first-order chi connectivity index (χ1) is 9.69.